The molecule has 0 fully saturated rings. The molecule has 0 aliphatic carbocycles. The van der Waals surface area contributed by atoms with Crippen LogP contribution in [0.25, 0.3) is 0 Å². The molecule has 94 valence electrons. The Morgan fingerprint density at radius 2 is 2.22 bits per heavy atom. The Labute approximate surface area is 113 Å². The summed E-state index contributed by atoms with van der Waals surface area (Å²) in [5.74, 6) is -1.07. The first kappa shape index (κ1) is 12.7. The van der Waals surface area contributed by atoms with Crippen molar-refractivity contribution in [2.75, 3.05) is 5.32 Å². The number of hydrogen-bond donors (Lipinski definition) is 2. The molecule has 0 spiro atoms. The molecule has 0 aliphatic rings. The van der Waals surface area contributed by atoms with E-state index < -0.39 is 5.97 Å². The summed E-state index contributed by atoms with van der Waals surface area (Å²) in [5.41, 5.74) is 2.68. The number of aromatic carboxylic acids is 1. The van der Waals surface area contributed by atoms with Crippen LogP contribution in [0.3, 0.4) is 0 Å². The standard InChI is InChI=1S/C13H12BrNO3/c1-8-4-10(14)6-11(5-8)15-7-9-2-3-18-12(9)13(16)17/h2-6,15H,7H2,1H3,(H,16,17). The Bertz CT molecular complexity index is 557. The summed E-state index contributed by atoms with van der Waals surface area (Å²) in [6.45, 7) is 2.41. The fraction of sp³-hybridized carbons (Fsp3) is 0.154. The van der Waals surface area contributed by atoms with Gasteiger partial charge in [0.1, 0.15) is 0 Å². The van der Waals surface area contributed by atoms with Gasteiger partial charge in [0.25, 0.3) is 0 Å². The van der Waals surface area contributed by atoms with Crippen LogP contribution in [0.1, 0.15) is 21.7 Å². The highest BCUT2D eigenvalue weighted by atomic mass is 79.9. The molecule has 18 heavy (non-hydrogen) atoms. The Morgan fingerprint density at radius 3 is 2.89 bits per heavy atom. The summed E-state index contributed by atoms with van der Waals surface area (Å²) in [6, 6.07) is 7.59. The number of aryl methyl sites for hydroxylation is 1. The van der Waals surface area contributed by atoms with Crippen LogP contribution >= 0.6 is 15.9 Å². The second kappa shape index (κ2) is 5.27. The predicted molar refractivity (Wildman–Crippen MR) is 71.9 cm³/mol. The van der Waals surface area contributed by atoms with E-state index in [4.69, 9.17) is 9.52 Å². The van der Waals surface area contributed by atoms with Gasteiger partial charge in [-0.25, -0.2) is 4.79 Å². The third-order valence-corrected chi connectivity index (χ3v) is 2.92. The molecule has 0 radical (unpaired) electrons. The number of carbonyl (C=O) groups is 1. The van der Waals surface area contributed by atoms with Gasteiger partial charge in [-0.15, -0.1) is 0 Å². The zero-order valence-electron chi connectivity index (χ0n) is 9.74. The van der Waals surface area contributed by atoms with Crippen LogP contribution in [0.5, 0.6) is 0 Å². The van der Waals surface area contributed by atoms with Gasteiger partial charge in [-0.05, 0) is 36.8 Å². The number of hydrogen-bond acceptors (Lipinski definition) is 3. The highest BCUT2D eigenvalue weighted by Gasteiger charge is 2.13. The molecular formula is C13H12BrNO3. The summed E-state index contributed by atoms with van der Waals surface area (Å²) < 4.78 is 5.90. The predicted octanol–water partition coefficient (Wildman–Crippen LogP) is 3.66. The lowest BCUT2D eigenvalue weighted by molar-refractivity contribution is 0.0661. The van der Waals surface area contributed by atoms with Gasteiger partial charge in [-0.3, -0.25) is 0 Å². The number of carboxylic acid groups (broad SMARTS) is 1. The summed E-state index contributed by atoms with van der Waals surface area (Å²) in [6.07, 6.45) is 1.38. The van der Waals surface area contributed by atoms with E-state index in [2.05, 4.69) is 21.2 Å². The average Bonchev–Trinajstić information content (AvgIpc) is 2.73. The molecule has 1 aromatic heterocycles. The van der Waals surface area contributed by atoms with Crippen molar-refractivity contribution in [3.63, 3.8) is 0 Å². The maximum absolute atomic E-state index is 10.9. The van der Waals surface area contributed by atoms with Crippen molar-refractivity contribution in [1.29, 1.82) is 0 Å². The fourth-order valence-corrected chi connectivity index (χ4v) is 2.31. The van der Waals surface area contributed by atoms with E-state index in [-0.39, 0.29) is 5.76 Å². The SMILES string of the molecule is Cc1cc(Br)cc(NCc2ccoc2C(=O)O)c1. The van der Waals surface area contributed by atoms with E-state index in [1.807, 2.05) is 25.1 Å². The number of nitrogens with one attached hydrogen (secondary N) is 1. The van der Waals surface area contributed by atoms with Gasteiger partial charge in [-0.1, -0.05) is 15.9 Å². The molecule has 1 heterocycles. The van der Waals surface area contributed by atoms with Crippen molar-refractivity contribution in [3.8, 4) is 0 Å². The third kappa shape index (κ3) is 2.92. The van der Waals surface area contributed by atoms with Gasteiger partial charge < -0.3 is 14.8 Å². The molecule has 0 atom stereocenters. The van der Waals surface area contributed by atoms with E-state index in [1.165, 1.54) is 6.26 Å². The topological polar surface area (TPSA) is 62.5 Å². The van der Waals surface area contributed by atoms with Gasteiger partial charge in [-0.2, -0.15) is 0 Å². The van der Waals surface area contributed by atoms with Gasteiger partial charge in [0.05, 0.1) is 6.26 Å². The molecule has 0 saturated heterocycles. The normalized spacial score (nSPS) is 10.3. The van der Waals surface area contributed by atoms with Crippen LogP contribution in [0, 0.1) is 6.92 Å². The number of benzene rings is 1. The molecule has 0 unspecified atom stereocenters. The Balaban J connectivity index is 2.11. The minimum atomic E-state index is -1.05. The highest BCUT2D eigenvalue weighted by molar-refractivity contribution is 9.10. The van der Waals surface area contributed by atoms with Crippen molar-refractivity contribution in [2.45, 2.75) is 13.5 Å². The number of anilines is 1. The number of halogens is 1. The fourth-order valence-electron chi connectivity index (χ4n) is 1.70. The van der Waals surface area contributed by atoms with E-state index in [1.54, 1.807) is 6.07 Å². The monoisotopic (exact) mass is 309 g/mol. The minimum Gasteiger partial charge on any atom is -0.475 e. The zero-order chi connectivity index (χ0) is 13.1. The zero-order valence-corrected chi connectivity index (χ0v) is 11.3. The number of rotatable bonds is 4. The molecule has 2 N–H and O–H groups in total. The lowest BCUT2D eigenvalue weighted by Gasteiger charge is -2.07. The summed E-state index contributed by atoms with van der Waals surface area (Å²) in [7, 11) is 0. The van der Waals surface area contributed by atoms with E-state index in [9.17, 15) is 4.79 Å². The van der Waals surface area contributed by atoms with Crippen molar-refractivity contribution < 1.29 is 14.3 Å². The molecule has 0 amide bonds. The van der Waals surface area contributed by atoms with Crippen LogP contribution in [-0.2, 0) is 6.54 Å². The van der Waals surface area contributed by atoms with Crippen LogP contribution in [-0.4, -0.2) is 11.1 Å². The Hall–Kier alpha value is -1.75. The van der Waals surface area contributed by atoms with Crippen molar-refractivity contribution >= 4 is 27.6 Å². The van der Waals surface area contributed by atoms with Crippen LogP contribution in [0.4, 0.5) is 5.69 Å². The van der Waals surface area contributed by atoms with Crippen LogP contribution in [0.15, 0.2) is 39.4 Å². The largest absolute Gasteiger partial charge is 0.475 e. The van der Waals surface area contributed by atoms with Gasteiger partial charge in [0.15, 0.2) is 0 Å². The second-order valence-corrected chi connectivity index (χ2v) is 4.87. The third-order valence-electron chi connectivity index (χ3n) is 2.47. The molecule has 2 aromatic rings. The van der Waals surface area contributed by atoms with E-state index in [0.29, 0.717) is 12.1 Å². The first-order chi connectivity index (χ1) is 8.56. The van der Waals surface area contributed by atoms with Crippen molar-refractivity contribution in [1.82, 2.24) is 0 Å². The second-order valence-electron chi connectivity index (χ2n) is 3.95. The summed E-state index contributed by atoms with van der Waals surface area (Å²) >= 11 is 3.42. The number of furan rings is 1. The van der Waals surface area contributed by atoms with Crippen LogP contribution < -0.4 is 5.32 Å². The summed E-state index contributed by atoms with van der Waals surface area (Å²) in [4.78, 5) is 10.9. The lowest BCUT2D eigenvalue weighted by atomic mass is 10.2. The van der Waals surface area contributed by atoms with Gasteiger partial charge in [0.2, 0.25) is 5.76 Å². The van der Waals surface area contributed by atoms with Gasteiger partial charge >= 0.3 is 5.97 Å². The molecule has 5 heteroatoms. The molecule has 0 aliphatic heterocycles. The summed E-state index contributed by atoms with van der Waals surface area (Å²) in [5, 5.41) is 12.1. The average molecular weight is 310 g/mol. The maximum atomic E-state index is 10.9. The molecule has 0 saturated carbocycles. The molecule has 0 bridgehead atoms. The molecule has 1 aromatic carbocycles. The minimum absolute atomic E-state index is 0.0192. The lowest BCUT2D eigenvalue weighted by Crippen LogP contribution is -2.04. The van der Waals surface area contributed by atoms with Crippen molar-refractivity contribution in [3.05, 3.63) is 51.9 Å². The smallest absolute Gasteiger partial charge is 0.372 e. The Kier molecular flexibility index (Phi) is 3.72. The first-order valence-electron chi connectivity index (χ1n) is 5.37. The van der Waals surface area contributed by atoms with Gasteiger partial charge in [0, 0.05) is 22.3 Å². The van der Waals surface area contributed by atoms with Crippen LogP contribution in [0.2, 0.25) is 0 Å². The maximum Gasteiger partial charge on any atom is 0.372 e. The quantitative estimate of drug-likeness (QED) is 0.904. The first-order valence-corrected chi connectivity index (χ1v) is 6.16. The molecule has 4 nitrogen and oxygen atoms in total. The molecular weight excluding hydrogens is 298 g/mol. The highest BCUT2D eigenvalue weighted by Crippen LogP contribution is 2.20. The molecule has 2 rings (SSSR count). The van der Waals surface area contributed by atoms with Crippen molar-refractivity contribution in [2.24, 2.45) is 0 Å². The van der Waals surface area contributed by atoms with E-state index >= 15 is 0 Å². The van der Waals surface area contributed by atoms with E-state index in [0.717, 1.165) is 15.7 Å². The Morgan fingerprint density at radius 1 is 1.44 bits per heavy atom. The number of carboxylic acids is 1.